The number of allylic oxidation sites excluding steroid dienone is 1. The van der Waals surface area contributed by atoms with Gasteiger partial charge in [0.2, 0.25) is 0 Å². The summed E-state index contributed by atoms with van der Waals surface area (Å²) in [6, 6.07) is 0. The Balaban J connectivity index is 1.58. The molecule has 0 aromatic heterocycles. The van der Waals surface area contributed by atoms with Gasteiger partial charge >= 0.3 is 11.9 Å². The van der Waals surface area contributed by atoms with Gasteiger partial charge < -0.3 is 9.47 Å². The van der Waals surface area contributed by atoms with Crippen molar-refractivity contribution in [2.45, 2.75) is 83.3 Å². The molecule has 0 aromatic rings. The minimum absolute atomic E-state index is 0.0485. The van der Waals surface area contributed by atoms with Gasteiger partial charge in [-0.1, -0.05) is 18.6 Å². The summed E-state index contributed by atoms with van der Waals surface area (Å²) in [4.78, 5) is 27.5. The summed E-state index contributed by atoms with van der Waals surface area (Å²) in [6.45, 7) is 8.36. The van der Waals surface area contributed by atoms with Gasteiger partial charge in [-0.25, -0.2) is 0 Å². The summed E-state index contributed by atoms with van der Waals surface area (Å²) in [6.07, 6.45) is 9.73. The molecule has 27 heavy (non-hydrogen) atoms. The van der Waals surface area contributed by atoms with Gasteiger partial charge in [0.05, 0.1) is 12.5 Å². The molecule has 3 unspecified atom stereocenters. The molecule has 152 valence electrons. The standard InChI is InChI=1S/C22H35NO4/c1-16(2)17-10-11-20(27-21(24)15-23-12-6-3-7-13-23)19(14-17)22(25)26-18-8-4-5-9-18/h17-20H,1,3-15H2,2H3. The Kier molecular flexibility index (Phi) is 7.33. The van der Waals surface area contributed by atoms with Crippen molar-refractivity contribution in [1.82, 2.24) is 4.90 Å². The molecule has 3 aliphatic rings. The summed E-state index contributed by atoms with van der Waals surface area (Å²) in [5, 5.41) is 0. The molecule has 1 saturated heterocycles. The first-order valence-corrected chi connectivity index (χ1v) is 10.8. The fraction of sp³-hybridized carbons (Fsp3) is 0.818. The minimum Gasteiger partial charge on any atom is -0.462 e. The van der Waals surface area contributed by atoms with E-state index in [9.17, 15) is 9.59 Å². The van der Waals surface area contributed by atoms with Crippen LogP contribution in [0.25, 0.3) is 0 Å². The van der Waals surface area contributed by atoms with E-state index in [4.69, 9.17) is 9.47 Å². The van der Waals surface area contributed by atoms with Crippen LogP contribution in [0.5, 0.6) is 0 Å². The molecule has 3 fully saturated rings. The van der Waals surface area contributed by atoms with Crippen molar-refractivity contribution in [3.05, 3.63) is 12.2 Å². The van der Waals surface area contributed by atoms with Crippen LogP contribution in [-0.4, -0.2) is 48.7 Å². The normalized spacial score (nSPS) is 30.0. The molecule has 3 rings (SSSR count). The molecule has 2 saturated carbocycles. The molecule has 3 atom stereocenters. The predicted molar refractivity (Wildman–Crippen MR) is 104 cm³/mol. The Bertz CT molecular complexity index is 534. The maximum absolute atomic E-state index is 12.9. The largest absolute Gasteiger partial charge is 0.462 e. The van der Waals surface area contributed by atoms with Crippen LogP contribution in [0.3, 0.4) is 0 Å². The zero-order valence-electron chi connectivity index (χ0n) is 16.8. The monoisotopic (exact) mass is 377 g/mol. The fourth-order valence-electron chi connectivity index (χ4n) is 4.74. The molecule has 1 heterocycles. The zero-order valence-corrected chi connectivity index (χ0v) is 16.8. The van der Waals surface area contributed by atoms with Gasteiger partial charge in [-0.05, 0) is 83.7 Å². The molecule has 5 heteroatoms. The van der Waals surface area contributed by atoms with E-state index in [0.717, 1.165) is 63.6 Å². The van der Waals surface area contributed by atoms with Crippen molar-refractivity contribution >= 4 is 11.9 Å². The smallest absolute Gasteiger partial charge is 0.320 e. The highest BCUT2D eigenvalue weighted by Crippen LogP contribution is 2.36. The first-order chi connectivity index (χ1) is 13.0. The van der Waals surface area contributed by atoms with Crippen LogP contribution in [0.15, 0.2) is 12.2 Å². The van der Waals surface area contributed by atoms with Crippen molar-refractivity contribution < 1.29 is 19.1 Å². The second kappa shape index (κ2) is 9.72. The van der Waals surface area contributed by atoms with E-state index in [0.29, 0.717) is 25.3 Å². The van der Waals surface area contributed by atoms with Gasteiger partial charge in [0.15, 0.2) is 0 Å². The van der Waals surface area contributed by atoms with E-state index in [1.54, 1.807) is 0 Å². The minimum atomic E-state index is -0.355. The molecule has 0 radical (unpaired) electrons. The number of esters is 2. The lowest BCUT2D eigenvalue weighted by Crippen LogP contribution is -2.42. The van der Waals surface area contributed by atoms with Gasteiger partial charge in [0, 0.05) is 0 Å². The average molecular weight is 378 g/mol. The second-order valence-corrected chi connectivity index (χ2v) is 8.67. The van der Waals surface area contributed by atoms with Crippen LogP contribution >= 0.6 is 0 Å². The SMILES string of the molecule is C=C(C)C1CCC(OC(=O)CN2CCCCC2)C(C(=O)OC2CCCC2)C1. The van der Waals surface area contributed by atoms with E-state index in [1.807, 2.05) is 6.92 Å². The molecule has 0 N–H and O–H groups in total. The Hall–Kier alpha value is -1.36. The zero-order chi connectivity index (χ0) is 19.2. The lowest BCUT2D eigenvalue weighted by atomic mass is 9.76. The predicted octanol–water partition coefficient (Wildman–Crippen LogP) is 3.86. The average Bonchev–Trinajstić information content (AvgIpc) is 3.15. The van der Waals surface area contributed by atoms with E-state index in [1.165, 1.54) is 6.42 Å². The van der Waals surface area contributed by atoms with Gasteiger partial charge in [-0.2, -0.15) is 0 Å². The highest BCUT2D eigenvalue weighted by atomic mass is 16.6. The van der Waals surface area contributed by atoms with Crippen LogP contribution in [0, 0.1) is 11.8 Å². The summed E-state index contributed by atoms with van der Waals surface area (Å²) < 4.78 is 11.6. The highest BCUT2D eigenvalue weighted by Gasteiger charge is 2.40. The van der Waals surface area contributed by atoms with Gasteiger partial charge in [0.25, 0.3) is 0 Å². The first-order valence-electron chi connectivity index (χ1n) is 10.8. The van der Waals surface area contributed by atoms with E-state index >= 15 is 0 Å². The van der Waals surface area contributed by atoms with E-state index in [-0.39, 0.29) is 30.1 Å². The molecule has 5 nitrogen and oxygen atoms in total. The summed E-state index contributed by atoms with van der Waals surface area (Å²) in [7, 11) is 0. The summed E-state index contributed by atoms with van der Waals surface area (Å²) in [5.74, 6) is -0.424. The number of piperidine rings is 1. The molecule has 0 amide bonds. The third-order valence-electron chi connectivity index (χ3n) is 6.46. The molecule has 0 bridgehead atoms. The van der Waals surface area contributed by atoms with Gasteiger partial charge in [0.1, 0.15) is 12.2 Å². The Morgan fingerprint density at radius 2 is 1.67 bits per heavy atom. The topological polar surface area (TPSA) is 55.8 Å². The number of hydrogen-bond donors (Lipinski definition) is 0. The van der Waals surface area contributed by atoms with Crippen molar-refractivity contribution in [2.75, 3.05) is 19.6 Å². The lowest BCUT2D eigenvalue weighted by molar-refractivity contribution is -0.169. The highest BCUT2D eigenvalue weighted by molar-refractivity contribution is 5.76. The number of hydrogen-bond acceptors (Lipinski definition) is 5. The molecular formula is C22H35NO4. The molecule has 2 aliphatic carbocycles. The Labute approximate surface area is 163 Å². The maximum Gasteiger partial charge on any atom is 0.320 e. The van der Waals surface area contributed by atoms with Gasteiger partial charge in [-0.3, -0.25) is 14.5 Å². The maximum atomic E-state index is 12.9. The Morgan fingerprint density at radius 3 is 2.33 bits per heavy atom. The number of ether oxygens (including phenoxy) is 2. The third kappa shape index (κ3) is 5.81. The molecule has 0 spiro atoms. The summed E-state index contributed by atoms with van der Waals surface area (Å²) >= 11 is 0. The lowest BCUT2D eigenvalue weighted by Gasteiger charge is -2.35. The van der Waals surface area contributed by atoms with E-state index < -0.39 is 0 Å². The van der Waals surface area contributed by atoms with Crippen molar-refractivity contribution in [2.24, 2.45) is 11.8 Å². The third-order valence-corrected chi connectivity index (χ3v) is 6.46. The summed E-state index contributed by atoms with van der Waals surface area (Å²) in [5.41, 5.74) is 1.10. The number of rotatable bonds is 6. The van der Waals surface area contributed by atoms with Crippen molar-refractivity contribution in [1.29, 1.82) is 0 Å². The number of carbonyl (C=O) groups excluding carboxylic acids is 2. The second-order valence-electron chi connectivity index (χ2n) is 8.67. The number of nitrogens with zero attached hydrogens (tertiary/aromatic N) is 1. The van der Waals surface area contributed by atoms with Crippen LogP contribution < -0.4 is 0 Å². The number of carbonyl (C=O) groups is 2. The quantitative estimate of drug-likeness (QED) is 0.520. The van der Waals surface area contributed by atoms with Crippen LogP contribution in [-0.2, 0) is 19.1 Å². The molecule has 0 aromatic carbocycles. The number of likely N-dealkylation sites (tertiary alicyclic amines) is 1. The van der Waals surface area contributed by atoms with Gasteiger partial charge in [-0.15, -0.1) is 0 Å². The van der Waals surface area contributed by atoms with E-state index in [2.05, 4.69) is 11.5 Å². The molecular weight excluding hydrogens is 342 g/mol. The fourth-order valence-corrected chi connectivity index (χ4v) is 4.74. The van der Waals surface area contributed by atoms with Crippen LogP contribution in [0.2, 0.25) is 0 Å². The van der Waals surface area contributed by atoms with Crippen molar-refractivity contribution in [3.63, 3.8) is 0 Å². The van der Waals surface area contributed by atoms with Crippen LogP contribution in [0.4, 0.5) is 0 Å². The molecule has 1 aliphatic heterocycles. The van der Waals surface area contributed by atoms with Crippen LogP contribution in [0.1, 0.15) is 71.1 Å². The Morgan fingerprint density at radius 1 is 0.963 bits per heavy atom. The first kappa shape index (κ1) is 20.4. The van der Waals surface area contributed by atoms with Crippen molar-refractivity contribution in [3.8, 4) is 0 Å².